The van der Waals surface area contributed by atoms with Crippen molar-refractivity contribution in [3.63, 3.8) is 0 Å². The van der Waals surface area contributed by atoms with E-state index in [9.17, 15) is 0 Å². The fraction of sp³-hybridized carbons (Fsp3) is 0.182. The topological polar surface area (TPSA) is 30.5 Å². The van der Waals surface area contributed by atoms with Crippen molar-refractivity contribution >= 4 is 11.6 Å². The second-order valence-electron chi connectivity index (χ2n) is 5.95. The highest BCUT2D eigenvalue weighted by molar-refractivity contribution is 6.30. The van der Waals surface area contributed by atoms with Crippen LogP contribution in [0.1, 0.15) is 16.7 Å². The molecule has 0 radical (unpaired) electrons. The van der Waals surface area contributed by atoms with Crippen molar-refractivity contribution in [2.45, 2.75) is 19.7 Å². The lowest BCUT2D eigenvalue weighted by molar-refractivity contribution is 0.280. The lowest BCUT2D eigenvalue weighted by Crippen LogP contribution is -2.14. The maximum Gasteiger partial charge on any atom is 0.166 e. The van der Waals surface area contributed by atoms with Crippen molar-refractivity contribution in [3.05, 3.63) is 94.5 Å². The Hall–Kier alpha value is -2.49. The normalized spacial score (nSPS) is 10.5. The highest BCUT2D eigenvalue weighted by Crippen LogP contribution is 2.32. The smallest absolute Gasteiger partial charge is 0.166 e. The minimum atomic E-state index is 0.462. The first-order chi connectivity index (χ1) is 12.8. The van der Waals surface area contributed by atoms with Gasteiger partial charge in [0.05, 0.1) is 7.11 Å². The van der Waals surface area contributed by atoms with Gasteiger partial charge in [0.25, 0.3) is 0 Å². The average molecular weight is 368 g/mol. The lowest BCUT2D eigenvalue weighted by Gasteiger charge is -2.16. The molecule has 0 amide bonds. The third-order valence-corrected chi connectivity index (χ3v) is 4.32. The monoisotopic (exact) mass is 367 g/mol. The van der Waals surface area contributed by atoms with Gasteiger partial charge in [-0.2, -0.15) is 0 Å². The van der Waals surface area contributed by atoms with E-state index < -0.39 is 0 Å². The van der Waals surface area contributed by atoms with Crippen LogP contribution in [0.5, 0.6) is 11.5 Å². The molecular formula is C22H22ClNO2. The van der Waals surface area contributed by atoms with Crippen LogP contribution < -0.4 is 14.8 Å². The summed E-state index contributed by atoms with van der Waals surface area (Å²) in [7, 11) is 1.66. The molecule has 0 aliphatic heterocycles. The number of para-hydroxylation sites is 1. The number of nitrogens with one attached hydrogen (secondary N) is 1. The number of hydrogen-bond acceptors (Lipinski definition) is 3. The summed E-state index contributed by atoms with van der Waals surface area (Å²) in [6.45, 7) is 1.96. The number of methoxy groups -OCH3 is 1. The summed E-state index contributed by atoms with van der Waals surface area (Å²) in [6.07, 6.45) is 0. The summed E-state index contributed by atoms with van der Waals surface area (Å²) in [6, 6.07) is 23.9. The summed E-state index contributed by atoms with van der Waals surface area (Å²) in [4.78, 5) is 0. The molecule has 0 fully saturated rings. The molecular weight excluding hydrogens is 346 g/mol. The van der Waals surface area contributed by atoms with Crippen molar-refractivity contribution in [2.24, 2.45) is 0 Å². The molecule has 0 aromatic heterocycles. The van der Waals surface area contributed by atoms with Crippen LogP contribution in [0.4, 0.5) is 0 Å². The summed E-state index contributed by atoms with van der Waals surface area (Å²) < 4.78 is 11.6. The van der Waals surface area contributed by atoms with Crippen LogP contribution in [0.2, 0.25) is 5.02 Å². The van der Waals surface area contributed by atoms with Gasteiger partial charge in [0, 0.05) is 23.7 Å². The molecule has 0 bridgehead atoms. The van der Waals surface area contributed by atoms with Crippen molar-refractivity contribution in [3.8, 4) is 11.5 Å². The number of rotatable bonds is 8. The van der Waals surface area contributed by atoms with Crippen LogP contribution in [0.15, 0.2) is 72.8 Å². The standard InChI is InChI=1S/C22H22ClNO2/c1-25-21-9-5-8-19(15-24-14-17-6-3-2-4-7-17)22(21)26-16-18-10-12-20(23)13-11-18/h2-13,24H,14-16H2,1H3. The Morgan fingerprint density at radius 1 is 0.808 bits per heavy atom. The molecule has 0 unspecified atom stereocenters. The SMILES string of the molecule is COc1cccc(CNCc2ccccc2)c1OCc1ccc(Cl)cc1. The van der Waals surface area contributed by atoms with Gasteiger partial charge in [-0.05, 0) is 29.3 Å². The number of ether oxygens (including phenoxy) is 2. The second kappa shape index (κ2) is 9.27. The molecule has 0 aliphatic carbocycles. The van der Waals surface area contributed by atoms with Gasteiger partial charge < -0.3 is 14.8 Å². The fourth-order valence-corrected chi connectivity index (χ4v) is 2.82. The summed E-state index contributed by atoms with van der Waals surface area (Å²) in [5.74, 6) is 1.50. The molecule has 0 aliphatic rings. The molecule has 0 spiro atoms. The molecule has 26 heavy (non-hydrogen) atoms. The zero-order valence-corrected chi connectivity index (χ0v) is 15.5. The van der Waals surface area contributed by atoms with Gasteiger partial charge in [-0.1, -0.05) is 66.2 Å². The van der Waals surface area contributed by atoms with E-state index in [2.05, 4.69) is 23.5 Å². The summed E-state index contributed by atoms with van der Waals surface area (Å²) in [5.41, 5.74) is 3.37. The molecule has 0 saturated carbocycles. The molecule has 0 atom stereocenters. The molecule has 3 aromatic carbocycles. The zero-order chi connectivity index (χ0) is 18.2. The van der Waals surface area contributed by atoms with E-state index in [-0.39, 0.29) is 0 Å². The van der Waals surface area contributed by atoms with E-state index in [0.717, 1.165) is 34.2 Å². The van der Waals surface area contributed by atoms with Gasteiger partial charge in [0.15, 0.2) is 11.5 Å². The minimum Gasteiger partial charge on any atom is -0.493 e. The molecule has 3 nitrogen and oxygen atoms in total. The first-order valence-corrected chi connectivity index (χ1v) is 8.92. The lowest BCUT2D eigenvalue weighted by atomic mass is 10.1. The van der Waals surface area contributed by atoms with E-state index in [1.54, 1.807) is 7.11 Å². The minimum absolute atomic E-state index is 0.462. The number of benzene rings is 3. The first-order valence-electron chi connectivity index (χ1n) is 8.54. The van der Waals surface area contributed by atoms with Crippen LogP contribution in [-0.4, -0.2) is 7.11 Å². The van der Waals surface area contributed by atoms with Crippen LogP contribution >= 0.6 is 11.6 Å². The quantitative estimate of drug-likeness (QED) is 0.592. The van der Waals surface area contributed by atoms with Crippen molar-refractivity contribution < 1.29 is 9.47 Å². The highest BCUT2D eigenvalue weighted by atomic mass is 35.5. The van der Waals surface area contributed by atoms with Crippen LogP contribution in [-0.2, 0) is 19.7 Å². The molecule has 3 aromatic rings. The van der Waals surface area contributed by atoms with Gasteiger partial charge in [0.1, 0.15) is 6.61 Å². The Labute approximate surface area is 159 Å². The Bertz CT molecular complexity index is 819. The second-order valence-corrected chi connectivity index (χ2v) is 6.39. The molecule has 0 heterocycles. The van der Waals surface area contributed by atoms with Gasteiger partial charge in [0.2, 0.25) is 0 Å². The average Bonchev–Trinajstić information content (AvgIpc) is 2.69. The van der Waals surface area contributed by atoms with E-state index >= 15 is 0 Å². The summed E-state index contributed by atoms with van der Waals surface area (Å²) in [5, 5.41) is 4.18. The molecule has 1 N–H and O–H groups in total. The summed E-state index contributed by atoms with van der Waals surface area (Å²) >= 11 is 5.94. The van der Waals surface area contributed by atoms with Crippen LogP contribution in [0, 0.1) is 0 Å². The Balaban J connectivity index is 1.67. The third-order valence-electron chi connectivity index (χ3n) is 4.06. The predicted molar refractivity (Wildman–Crippen MR) is 106 cm³/mol. The fourth-order valence-electron chi connectivity index (χ4n) is 2.70. The van der Waals surface area contributed by atoms with Crippen molar-refractivity contribution in [2.75, 3.05) is 7.11 Å². The zero-order valence-electron chi connectivity index (χ0n) is 14.7. The molecule has 0 saturated heterocycles. The van der Waals surface area contributed by atoms with Gasteiger partial charge >= 0.3 is 0 Å². The third kappa shape index (κ3) is 5.01. The highest BCUT2D eigenvalue weighted by Gasteiger charge is 2.11. The molecule has 134 valence electrons. The van der Waals surface area contributed by atoms with Gasteiger partial charge in [-0.15, -0.1) is 0 Å². The number of halogens is 1. The van der Waals surface area contributed by atoms with Crippen molar-refractivity contribution in [1.82, 2.24) is 5.32 Å². The maximum absolute atomic E-state index is 6.08. The van der Waals surface area contributed by atoms with E-state index in [1.807, 2.05) is 54.6 Å². The number of hydrogen-bond donors (Lipinski definition) is 1. The van der Waals surface area contributed by atoms with Crippen LogP contribution in [0.25, 0.3) is 0 Å². The van der Waals surface area contributed by atoms with Gasteiger partial charge in [-0.25, -0.2) is 0 Å². The Morgan fingerprint density at radius 3 is 2.31 bits per heavy atom. The van der Waals surface area contributed by atoms with Crippen molar-refractivity contribution in [1.29, 1.82) is 0 Å². The largest absolute Gasteiger partial charge is 0.493 e. The maximum atomic E-state index is 6.08. The van der Waals surface area contributed by atoms with E-state index in [0.29, 0.717) is 13.2 Å². The van der Waals surface area contributed by atoms with E-state index in [1.165, 1.54) is 5.56 Å². The Morgan fingerprint density at radius 2 is 1.58 bits per heavy atom. The van der Waals surface area contributed by atoms with Gasteiger partial charge in [-0.3, -0.25) is 0 Å². The molecule has 3 rings (SSSR count). The first kappa shape index (κ1) is 18.3. The molecule has 4 heteroatoms. The van der Waals surface area contributed by atoms with Crippen LogP contribution in [0.3, 0.4) is 0 Å². The predicted octanol–water partition coefficient (Wildman–Crippen LogP) is 5.22. The Kier molecular flexibility index (Phi) is 6.53. The van der Waals surface area contributed by atoms with E-state index in [4.69, 9.17) is 21.1 Å².